The van der Waals surface area contributed by atoms with Gasteiger partial charge in [0.2, 0.25) is 0 Å². The summed E-state index contributed by atoms with van der Waals surface area (Å²) in [5, 5.41) is 0. The fraction of sp³-hybridized carbons (Fsp3) is 0.143. The summed E-state index contributed by atoms with van der Waals surface area (Å²) in [4.78, 5) is 0. The largest absolute Gasteiger partial charge is 0.497 e. The van der Waals surface area contributed by atoms with Crippen molar-refractivity contribution in [3.63, 3.8) is 0 Å². The number of hydrogen-bond acceptors (Lipinski definition) is 1. The van der Waals surface area contributed by atoms with E-state index in [1.165, 1.54) is 20.3 Å². The molecule has 0 saturated carbocycles. The third-order valence-corrected chi connectivity index (χ3v) is 3.40. The molecule has 1 nitrogen and oxygen atoms in total. The van der Waals surface area contributed by atoms with Crippen LogP contribution in [0.2, 0.25) is 0 Å². The lowest BCUT2D eigenvalue weighted by Crippen LogP contribution is -1.87. The van der Waals surface area contributed by atoms with Crippen molar-refractivity contribution >= 4 is 22.6 Å². The molecule has 0 aromatic heterocycles. The van der Waals surface area contributed by atoms with Crippen LogP contribution in [0.4, 0.5) is 0 Å². The van der Waals surface area contributed by atoms with Crippen LogP contribution >= 0.6 is 22.6 Å². The number of hydrogen-bond donors (Lipinski definition) is 0. The maximum atomic E-state index is 5.20. The molecular weight excluding hydrogens is 311 g/mol. The fourth-order valence-corrected chi connectivity index (χ4v) is 2.47. The van der Waals surface area contributed by atoms with E-state index < -0.39 is 0 Å². The average Bonchev–Trinajstić information content (AvgIpc) is 2.28. The van der Waals surface area contributed by atoms with Gasteiger partial charge in [-0.3, -0.25) is 0 Å². The second-order valence-electron chi connectivity index (χ2n) is 3.72. The van der Waals surface area contributed by atoms with Gasteiger partial charge in [0, 0.05) is 3.57 Å². The van der Waals surface area contributed by atoms with Crippen molar-refractivity contribution in [3.05, 3.63) is 51.6 Å². The van der Waals surface area contributed by atoms with Gasteiger partial charge in [0.25, 0.3) is 0 Å². The van der Waals surface area contributed by atoms with Crippen molar-refractivity contribution in [2.24, 2.45) is 0 Å². The Labute approximate surface area is 110 Å². The predicted molar refractivity (Wildman–Crippen MR) is 75.9 cm³/mol. The minimum absolute atomic E-state index is 0.904. The Kier molecular flexibility index (Phi) is 3.49. The van der Waals surface area contributed by atoms with Crippen LogP contribution in [0.1, 0.15) is 5.56 Å². The third-order valence-electron chi connectivity index (χ3n) is 2.51. The third kappa shape index (κ3) is 2.38. The topological polar surface area (TPSA) is 9.23 Å². The number of benzene rings is 2. The molecule has 0 amide bonds. The van der Waals surface area contributed by atoms with Crippen molar-refractivity contribution in [2.45, 2.75) is 6.92 Å². The van der Waals surface area contributed by atoms with E-state index in [1.807, 2.05) is 6.07 Å². The minimum atomic E-state index is 0.904. The average molecular weight is 324 g/mol. The molecule has 82 valence electrons. The first-order valence-electron chi connectivity index (χ1n) is 5.11. The first kappa shape index (κ1) is 11.5. The first-order valence-corrected chi connectivity index (χ1v) is 6.19. The van der Waals surface area contributed by atoms with E-state index >= 15 is 0 Å². The van der Waals surface area contributed by atoms with E-state index in [2.05, 4.69) is 65.9 Å². The molecule has 0 atom stereocenters. The Morgan fingerprint density at radius 1 is 1.06 bits per heavy atom. The quantitative estimate of drug-likeness (QED) is 0.750. The summed E-state index contributed by atoms with van der Waals surface area (Å²) in [7, 11) is 1.69. The fourth-order valence-electron chi connectivity index (χ4n) is 1.67. The highest BCUT2D eigenvalue weighted by Crippen LogP contribution is 2.28. The normalized spacial score (nSPS) is 10.2. The van der Waals surface area contributed by atoms with Gasteiger partial charge < -0.3 is 4.74 Å². The lowest BCUT2D eigenvalue weighted by molar-refractivity contribution is 0.414. The molecule has 0 bridgehead atoms. The SMILES string of the molecule is COc1ccc(-c2cccc(C)c2)c(I)c1. The standard InChI is InChI=1S/C14H13IO/c1-10-4-3-5-11(8-10)13-7-6-12(16-2)9-14(13)15/h3-9H,1-2H3. The van der Waals surface area contributed by atoms with Gasteiger partial charge in [-0.1, -0.05) is 29.8 Å². The van der Waals surface area contributed by atoms with Crippen LogP contribution in [0.25, 0.3) is 11.1 Å². The molecule has 16 heavy (non-hydrogen) atoms. The monoisotopic (exact) mass is 324 g/mol. The molecule has 0 unspecified atom stereocenters. The first-order chi connectivity index (χ1) is 7.70. The molecule has 0 aliphatic heterocycles. The summed E-state index contributed by atoms with van der Waals surface area (Å²) in [6.07, 6.45) is 0. The molecule has 0 N–H and O–H groups in total. The van der Waals surface area contributed by atoms with E-state index in [0.717, 1.165) is 5.75 Å². The van der Waals surface area contributed by atoms with Crippen LogP contribution in [-0.2, 0) is 0 Å². The van der Waals surface area contributed by atoms with Crippen LogP contribution in [0.15, 0.2) is 42.5 Å². The summed E-state index contributed by atoms with van der Waals surface area (Å²) < 4.78 is 6.42. The zero-order chi connectivity index (χ0) is 11.5. The van der Waals surface area contributed by atoms with E-state index in [9.17, 15) is 0 Å². The molecule has 0 heterocycles. The zero-order valence-corrected chi connectivity index (χ0v) is 11.5. The van der Waals surface area contributed by atoms with Crippen LogP contribution in [0.5, 0.6) is 5.75 Å². The van der Waals surface area contributed by atoms with Gasteiger partial charge in [-0.2, -0.15) is 0 Å². The second-order valence-corrected chi connectivity index (χ2v) is 4.88. The molecule has 2 aromatic carbocycles. The summed E-state index contributed by atoms with van der Waals surface area (Å²) in [6, 6.07) is 14.7. The Hall–Kier alpha value is -1.03. The molecule has 0 aliphatic rings. The van der Waals surface area contributed by atoms with Crippen LogP contribution in [0.3, 0.4) is 0 Å². The highest BCUT2D eigenvalue weighted by molar-refractivity contribution is 14.1. The number of rotatable bonds is 2. The predicted octanol–water partition coefficient (Wildman–Crippen LogP) is 4.28. The van der Waals surface area contributed by atoms with Gasteiger partial charge in [-0.15, -0.1) is 0 Å². The van der Waals surface area contributed by atoms with Crippen LogP contribution in [-0.4, -0.2) is 7.11 Å². The van der Waals surface area contributed by atoms with Gasteiger partial charge in [0.15, 0.2) is 0 Å². The Balaban J connectivity index is 2.48. The van der Waals surface area contributed by atoms with Gasteiger partial charge in [-0.25, -0.2) is 0 Å². The number of methoxy groups -OCH3 is 1. The van der Waals surface area contributed by atoms with E-state index in [-0.39, 0.29) is 0 Å². The second kappa shape index (κ2) is 4.87. The molecule has 0 aliphatic carbocycles. The van der Waals surface area contributed by atoms with Crippen molar-refractivity contribution in [2.75, 3.05) is 7.11 Å². The highest BCUT2D eigenvalue weighted by Gasteiger charge is 2.04. The molecular formula is C14H13IO. The molecule has 0 radical (unpaired) electrons. The Morgan fingerprint density at radius 2 is 1.88 bits per heavy atom. The zero-order valence-electron chi connectivity index (χ0n) is 9.33. The van der Waals surface area contributed by atoms with Crippen molar-refractivity contribution in [1.82, 2.24) is 0 Å². The lowest BCUT2D eigenvalue weighted by Gasteiger charge is -2.07. The van der Waals surface area contributed by atoms with Crippen molar-refractivity contribution in [1.29, 1.82) is 0 Å². The molecule has 0 saturated heterocycles. The molecule has 0 spiro atoms. The number of ether oxygens (including phenoxy) is 1. The van der Waals surface area contributed by atoms with E-state index in [1.54, 1.807) is 7.11 Å². The highest BCUT2D eigenvalue weighted by atomic mass is 127. The van der Waals surface area contributed by atoms with Crippen molar-refractivity contribution < 1.29 is 4.74 Å². The van der Waals surface area contributed by atoms with E-state index in [0.29, 0.717) is 0 Å². The molecule has 2 aromatic rings. The Morgan fingerprint density at radius 3 is 2.50 bits per heavy atom. The smallest absolute Gasteiger partial charge is 0.119 e. The molecule has 2 heteroatoms. The van der Waals surface area contributed by atoms with E-state index in [4.69, 9.17) is 4.74 Å². The summed E-state index contributed by atoms with van der Waals surface area (Å²) >= 11 is 2.34. The molecule has 0 fully saturated rings. The van der Waals surface area contributed by atoms with Gasteiger partial charge in [0.05, 0.1) is 7.11 Å². The van der Waals surface area contributed by atoms with Gasteiger partial charge in [-0.05, 0) is 58.8 Å². The summed E-state index contributed by atoms with van der Waals surface area (Å²) in [6.45, 7) is 2.11. The van der Waals surface area contributed by atoms with Crippen molar-refractivity contribution in [3.8, 4) is 16.9 Å². The summed E-state index contributed by atoms with van der Waals surface area (Å²) in [5.74, 6) is 0.904. The minimum Gasteiger partial charge on any atom is -0.497 e. The van der Waals surface area contributed by atoms with Gasteiger partial charge >= 0.3 is 0 Å². The maximum absolute atomic E-state index is 5.20. The summed E-state index contributed by atoms with van der Waals surface area (Å²) in [5.41, 5.74) is 3.79. The van der Waals surface area contributed by atoms with Gasteiger partial charge in [0.1, 0.15) is 5.75 Å². The molecule has 2 rings (SSSR count). The van der Waals surface area contributed by atoms with Crippen LogP contribution < -0.4 is 4.74 Å². The lowest BCUT2D eigenvalue weighted by atomic mass is 10.0. The maximum Gasteiger partial charge on any atom is 0.119 e. The Bertz CT molecular complexity index is 506. The number of halogens is 1. The number of aryl methyl sites for hydroxylation is 1. The van der Waals surface area contributed by atoms with Crippen LogP contribution in [0, 0.1) is 10.5 Å².